The van der Waals surface area contributed by atoms with Crippen LogP contribution in [0.2, 0.25) is 0 Å². The minimum atomic E-state index is 0.568. The molecule has 2 rings (SSSR count). The van der Waals surface area contributed by atoms with Crippen molar-refractivity contribution in [3.63, 3.8) is 0 Å². The molecular weight excluding hydrogens is 254 g/mol. The van der Waals surface area contributed by atoms with Crippen molar-refractivity contribution in [2.75, 3.05) is 5.32 Å². The lowest BCUT2D eigenvalue weighted by molar-refractivity contribution is 0.554. The van der Waals surface area contributed by atoms with Gasteiger partial charge in [0, 0.05) is 11.6 Å². The first-order chi connectivity index (χ1) is 9.33. The van der Waals surface area contributed by atoms with Gasteiger partial charge in [-0.15, -0.1) is 10.2 Å². The van der Waals surface area contributed by atoms with Gasteiger partial charge in [0.05, 0.1) is 0 Å². The minimum Gasteiger partial charge on any atom is -0.330 e. The molecule has 0 aliphatic carbocycles. The summed E-state index contributed by atoms with van der Waals surface area (Å²) < 4.78 is 0. The molecule has 1 aromatic heterocycles. The maximum atomic E-state index is 4.36. The number of nitrogens with zero attached hydrogens (tertiary/aromatic N) is 2. The van der Waals surface area contributed by atoms with Crippen LogP contribution in [0.15, 0.2) is 30.3 Å². The third-order valence-corrected chi connectivity index (χ3v) is 4.09. The van der Waals surface area contributed by atoms with Crippen LogP contribution in [-0.2, 0) is 0 Å². The van der Waals surface area contributed by atoms with E-state index in [9.17, 15) is 0 Å². The van der Waals surface area contributed by atoms with E-state index in [1.165, 1.54) is 30.7 Å². The first-order valence-electron chi connectivity index (χ1n) is 6.99. The van der Waals surface area contributed by atoms with Crippen LogP contribution in [-0.4, -0.2) is 10.2 Å². The topological polar surface area (TPSA) is 37.8 Å². The highest BCUT2D eigenvalue weighted by Crippen LogP contribution is 2.31. The van der Waals surface area contributed by atoms with E-state index >= 15 is 0 Å². The first-order valence-corrected chi connectivity index (χ1v) is 7.80. The molecule has 1 N–H and O–H groups in total. The second-order valence-corrected chi connectivity index (χ2v) is 5.72. The molecule has 4 heteroatoms. The molecule has 0 amide bonds. The lowest BCUT2D eigenvalue weighted by Gasteiger charge is -2.10. The summed E-state index contributed by atoms with van der Waals surface area (Å²) >= 11 is 1.68. The molecule has 0 aliphatic rings. The van der Waals surface area contributed by atoms with Crippen molar-refractivity contribution in [3.8, 4) is 0 Å². The second kappa shape index (κ2) is 7.24. The number of anilines is 2. The predicted molar refractivity (Wildman–Crippen MR) is 82.2 cm³/mol. The summed E-state index contributed by atoms with van der Waals surface area (Å²) in [5.41, 5.74) is 1.06. The van der Waals surface area contributed by atoms with Gasteiger partial charge in [0.1, 0.15) is 5.01 Å². The molecule has 0 atom stereocenters. The maximum absolute atomic E-state index is 4.36. The maximum Gasteiger partial charge on any atom is 0.210 e. The van der Waals surface area contributed by atoms with Crippen molar-refractivity contribution >= 4 is 22.2 Å². The molecule has 19 heavy (non-hydrogen) atoms. The molecule has 0 spiro atoms. The van der Waals surface area contributed by atoms with Crippen LogP contribution in [0.1, 0.15) is 50.5 Å². The van der Waals surface area contributed by atoms with Gasteiger partial charge in [-0.25, -0.2) is 0 Å². The quantitative estimate of drug-likeness (QED) is 0.775. The molecule has 0 bridgehead atoms. The van der Waals surface area contributed by atoms with Gasteiger partial charge in [-0.2, -0.15) is 0 Å². The summed E-state index contributed by atoms with van der Waals surface area (Å²) in [6.45, 7) is 4.46. The Kier molecular flexibility index (Phi) is 5.33. The fourth-order valence-corrected chi connectivity index (χ4v) is 3.12. The second-order valence-electron chi connectivity index (χ2n) is 4.71. The summed E-state index contributed by atoms with van der Waals surface area (Å²) in [4.78, 5) is 0. The van der Waals surface area contributed by atoms with Crippen LogP contribution in [0.3, 0.4) is 0 Å². The standard InChI is InChI=1S/C15H21N3S/c1-3-8-12(9-4-2)14-17-18-15(19-14)16-13-10-6-5-7-11-13/h5-7,10-12H,3-4,8-9H2,1-2H3,(H,16,18). The summed E-state index contributed by atoms with van der Waals surface area (Å²) in [6, 6.07) is 10.1. The zero-order valence-corrected chi connectivity index (χ0v) is 12.4. The van der Waals surface area contributed by atoms with E-state index in [4.69, 9.17) is 0 Å². The van der Waals surface area contributed by atoms with Crippen LogP contribution < -0.4 is 5.32 Å². The molecule has 1 aromatic carbocycles. The highest BCUT2D eigenvalue weighted by Gasteiger charge is 2.15. The van der Waals surface area contributed by atoms with Crippen molar-refractivity contribution < 1.29 is 0 Å². The van der Waals surface area contributed by atoms with Crippen LogP contribution in [0.4, 0.5) is 10.8 Å². The highest BCUT2D eigenvalue weighted by atomic mass is 32.1. The van der Waals surface area contributed by atoms with Gasteiger partial charge in [-0.05, 0) is 25.0 Å². The first kappa shape index (κ1) is 14.0. The molecule has 2 aromatic rings. The normalized spacial score (nSPS) is 10.9. The van der Waals surface area contributed by atoms with Gasteiger partial charge >= 0.3 is 0 Å². The third kappa shape index (κ3) is 4.03. The molecule has 0 radical (unpaired) electrons. The van der Waals surface area contributed by atoms with E-state index < -0.39 is 0 Å². The molecule has 102 valence electrons. The summed E-state index contributed by atoms with van der Waals surface area (Å²) in [6.07, 6.45) is 4.80. The molecule has 0 saturated heterocycles. The Morgan fingerprint density at radius 3 is 2.37 bits per heavy atom. The Balaban J connectivity index is 2.05. The van der Waals surface area contributed by atoms with E-state index in [1.54, 1.807) is 11.3 Å². The van der Waals surface area contributed by atoms with Crippen molar-refractivity contribution in [3.05, 3.63) is 35.3 Å². The smallest absolute Gasteiger partial charge is 0.210 e. The van der Waals surface area contributed by atoms with Crippen molar-refractivity contribution in [2.45, 2.75) is 45.4 Å². The van der Waals surface area contributed by atoms with Gasteiger partial charge in [0.25, 0.3) is 0 Å². The molecule has 3 nitrogen and oxygen atoms in total. The monoisotopic (exact) mass is 275 g/mol. The molecular formula is C15H21N3S. The van der Waals surface area contributed by atoms with Crippen LogP contribution >= 0.6 is 11.3 Å². The largest absolute Gasteiger partial charge is 0.330 e. The third-order valence-electron chi connectivity index (χ3n) is 3.09. The molecule has 0 aliphatic heterocycles. The van der Waals surface area contributed by atoms with E-state index in [-0.39, 0.29) is 0 Å². The fraction of sp³-hybridized carbons (Fsp3) is 0.467. The fourth-order valence-electron chi connectivity index (χ4n) is 2.18. The molecule has 0 fully saturated rings. The van der Waals surface area contributed by atoms with E-state index in [0.717, 1.165) is 10.8 Å². The average molecular weight is 275 g/mol. The van der Waals surface area contributed by atoms with Crippen molar-refractivity contribution in [1.29, 1.82) is 0 Å². The zero-order chi connectivity index (χ0) is 13.5. The molecule has 0 unspecified atom stereocenters. The van der Waals surface area contributed by atoms with E-state index in [0.29, 0.717) is 5.92 Å². The lowest BCUT2D eigenvalue weighted by Crippen LogP contribution is -1.97. The number of hydrogen-bond acceptors (Lipinski definition) is 4. The Labute approximate surface area is 119 Å². The minimum absolute atomic E-state index is 0.568. The SMILES string of the molecule is CCCC(CCC)c1nnc(Nc2ccccc2)s1. The van der Waals surface area contributed by atoms with Crippen molar-refractivity contribution in [1.82, 2.24) is 10.2 Å². The molecule has 1 heterocycles. The molecule has 0 saturated carbocycles. The zero-order valence-electron chi connectivity index (χ0n) is 11.6. The lowest BCUT2D eigenvalue weighted by atomic mass is 9.99. The number of rotatable bonds is 7. The number of benzene rings is 1. The summed E-state index contributed by atoms with van der Waals surface area (Å²) in [7, 11) is 0. The van der Waals surface area contributed by atoms with Crippen LogP contribution in [0.25, 0.3) is 0 Å². The van der Waals surface area contributed by atoms with Gasteiger partial charge < -0.3 is 5.32 Å². The Hall–Kier alpha value is -1.42. The van der Waals surface area contributed by atoms with E-state index in [1.807, 2.05) is 30.3 Å². The summed E-state index contributed by atoms with van der Waals surface area (Å²) in [5, 5.41) is 14.0. The van der Waals surface area contributed by atoms with Gasteiger partial charge in [-0.1, -0.05) is 56.2 Å². The number of para-hydroxylation sites is 1. The van der Waals surface area contributed by atoms with Gasteiger partial charge in [0.2, 0.25) is 5.13 Å². The highest BCUT2D eigenvalue weighted by molar-refractivity contribution is 7.15. The number of aromatic nitrogens is 2. The Morgan fingerprint density at radius 2 is 1.74 bits per heavy atom. The van der Waals surface area contributed by atoms with Crippen LogP contribution in [0.5, 0.6) is 0 Å². The predicted octanol–water partition coefficient (Wildman–Crippen LogP) is 4.97. The average Bonchev–Trinajstić information content (AvgIpc) is 2.88. The Morgan fingerprint density at radius 1 is 1.05 bits per heavy atom. The van der Waals surface area contributed by atoms with E-state index in [2.05, 4.69) is 29.4 Å². The summed E-state index contributed by atoms with van der Waals surface area (Å²) in [5.74, 6) is 0.568. The van der Waals surface area contributed by atoms with Gasteiger partial charge in [-0.3, -0.25) is 0 Å². The number of nitrogens with one attached hydrogen (secondary N) is 1. The van der Waals surface area contributed by atoms with Gasteiger partial charge in [0.15, 0.2) is 0 Å². The van der Waals surface area contributed by atoms with Crippen LogP contribution in [0, 0.1) is 0 Å². The van der Waals surface area contributed by atoms with Crippen molar-refractivity contribution in [2.24, 2.45) is 0 Å². The number of hydrogen-bond donors (Lipinski definition) is 1. The Bertz CT molecular complexity index is 475.